The van der Waals surface area contributed by atoms with Gasteiger partial charge in [-0.2, -0.15) is 0 Å². The fourth-order valence-electron chi connectivity index (χ4n) is 3.54. The van der Waals surface area contributed by atoms with Crippen molar-refractivity contribution in [2.75, 3.05) is 26.0 Å². The van der Waals surface area contributed by atoms with Crippen LogP contribution in [0.4, 0.5) is 4.79 Å². The summed E-state index contributed by atoms with van der Waals surface area (Å²) in [6.45, 7) is 5.39. The summed E-state index contributed by atoms with van der Waals surface area (Å²) in [5.41, 5.74) is 3.59. The minimum Gasteiger partial charge on any atom is -0.470 e. The molecule has 0 atom stereocenters. The van der Waals surface area contributed by atoms with E-state index in [0.717, 1.165) is 34.4 Å². The van der Waals surface area contributed by atoms with Crippen molar-refractivity contribution in [2.45, 2.75) is 37.7 Å². The summed E-state index contributed by atoms with van der Waals surface area (Å²) in [5.74, 6) is 0. The van der Waals surface area contributed by atoms with Crippen molar-refractivity contribution in [3.8, 4) is 16.5 Å². The van der Waals surface area contributed by atoms with Crippen LogP contribution in [0.1, 0.15) is 26.7 Å². The molecule has 2 aromatic heterocycles. The average molecular weight is 502 g/mol. The fourth-order valence-corrected chi connectivity index (χ4v) is 4.99. The highest BCUT2D eigenvalue weighted by atomic mass is 32.2. The number of aromatic nitrogens is 2. The number of rotatable bonds is 7. The minimum atomic E-state index is -3.23. The summed E-state index contributed by atoms with van der Waals surface area (Å²) in [6.07, 6.45) is 4.44. The number of carbonyl (C=O) groups is 1. The number of hydrogen-bond acceptors (Lipinski definition) is 8. The van der Waals surface area contributed by atoms with Crippen molar-refractivity contribution in [3.63, 3.8) is 0 Å². The number of carbonyl (C=O) groups excluding carboxylic acids is 1. The van der Waals surface area contributed by atoms with Crippen molar-refractivity contribution in [1.82, 2.24) is 14.9 Å². The van der Waals surface area contributed by atoms with Gasteiger partial charge in [0.05, 0.1) is 23.3 Å². The second-order valence-corrected chi connectivity index (χ2v) is 11.3. The van der Waals surface area contributed by atoms with Crippen LogP contribution in [-0.4, -0.2) is 61.4 Å². The van der Waals surface area contributed by atoms with Gasteiger partial charge in [0.1, 0.15) is 10.3 Å². The van der Waals surface area contributed by atoms with E-state index in [4.69, 9.17) is 9.47 Å². The van der Waals surface area contributed by atoms with Gasteiger partial charge in [-0.1, -0.05) is 35.1 Å². The Morgan fingerprint density at radius 1 is 1.15 bits per heavy atom. The maximum Gasteiger partial charge on any atom is 0.410 e. The molecule has 3 heterocycles. The van der Waals surface area contributed by atoms with Crippen LogP contribution < -0.4 is 4.74 Å². The highest BCUT2D eigenvalue weighted by molar-refractivity contribution is 7.90. The number of ether oxygens (including phenoxy) is 2. The van der Waals surface area contributed by atoms with Crippen molar-refractivity contribution >= 4 is 37.6 Å². The lowest BCUT2D eigenvalue weighted by Gasteiger charge is -2.26. The second kappa shape index (κ2) is 10.1. The molecule has 1 aromatic carbocycles. The predicted octanol–water partition coefficient (Wildman–Crippen LogP) is 4.71. The average Bonchev–Trinajstić information content (AvgIpc) is 3.20. The van der Waals surface area contributed by atoms with Crippen LogP contribution in [0.3, 0.4) is 0 Å². The van der Waals surface area contributed by atoms with Crippen LogP contribution in [0, 0.1) is 0 Å². The molecule has 4 rings (SSSR count). The Kier molecular flexibility index (Phi) is 7.18. The van der Waals surface area contributed by atoms with Crippen molar-refractivity contribution < 1.29 is 22.7 Å². The maximum absolute atomic E-state index is 12.0. The maximum atomic E-state index is 12.0. The molecule has 0 radical (unpaired) electrons. The quantitative estimate of drug-likeness (QED) is 0.433. The minimum absolute atomic E-state index is 0.119. The Bertz CT molecular complexity index is 1310. The molecule has 0 aliphatic carbocycles. The fraction of sp³-hybridized carbons (Fsp3) is 0.375. The van der Waals surface area contributed by atoms with Gasteiger partial charge in [-0.3, -0.25) is 0 Å². The van der Waals surface area contributed by atoms with E-state index in [1.54, 1.807) is 29.2 Å². The van der Waals surface area contributed by atoms with Gasteiger partial charge in [-0.15, -0.1) is 0 Å². The lowest BCUT2D eigenvalue weighted by Crippen LogP contribution is -2.36. The third-order valence-electron chi connectivity index (χ3n) is 5.36. The molecule has 0 fully saturated rings. The van der Waals surface area contributed by atoms with Crippen LogP contribution in [0.5, 0.6) is 5.19 Å². The number of sulfone groups is 1. The van der Waals surface area contributed by atoms with Crippen molar-refractivity contribution in [2.24, 2.45) is 0 Å². The predicted molar refractivity (Wildman–Crippen MR) is 132 cm³/mol. The van der Waals surface area contributed by atoms with Crippen LogP contribution in [0.2, 0.25) is 0 Å². The van der Waals surface area contributed by atoms with Gasteiger partial charge < -0.3 is 14.4 Å². The van der Waals surface area contributed by atoms with Crippen LogP contribution in [0.25, 0.3) is 21.6 Å². The summed E-state index contributed by atoms with van der Waals surface area (Å²) in [5, 5.41) is 0.561. The summed E-state index contributed by atoms with van der Waals surface area (Å²) in [6, 6.07) is 10.4. The first kappa shape index (κ1) is 24.2. The molecular weight excluding hydrogens is 474 g/mol. The standard InChI is InChI=1S/C24H27N3O5S2/c1-16(2)32-24(28)27-13-10-17(11-14-27)12-15-31-23-26-21-9-8-20(25-22(21)33-23)18-4-6-19(7-5-18)34(3,29)30/h4-10,16H,11-15H2,1-3H3. The molecular formula is C24H27N3O5S2. The topological polar surface area (TPSA) is 98.7 Å². The van der Waals surface area contributed by atoms with E-state index >= 15 is 0 Å². The Balaban J connectivity index is 1.34. The summed E-state index contributed by atoms with van der Waals surface area (Å²) < 4.78 is 34.4. The molecule has 1 aliphatic rings. The first-order valence-electron chi connectivity index (χ1n) is 11.0. The first-order chi connectivity index (χ1) is 16.2. The molecule has 1 aliphatic heterocycles. The lowest BCUT2D eigenvalue weighted by molar-refractivity contribution is 0.0790. The zero-order valence-corrected chi connectivity index (χ0v) is 21.0. The Morgan fingerprint density at radius 3 is 2.56 bits per heavy atom. The van der Waals surface area contributed by atoms with Crippen LogP contribution in [0.15, 0.2) is 52.9 Å². The molecule has 8 nitrogen and oxygen atoms in total. The van der Waals surface area contributed by atoms with E-state index in [9.17, 15) is 13.2 Å². The molecule has 3 aromatic rings. The van der Waals surface area contributed by atoms with Crippen LogP contribution in [-0.2, 0) is 14.6 Å². The zero-order valence-electron chi connectivity index (χ0n) is 19.4. The number of hydrogen-bond donors (Lipinski definition) is 0. The second-order valence-electron chi connectivity index (χ2n) is 8.39. The SMILES string of the molecule is CC(C)OC(=O)N1CC=C(CCOc2nc3ccc(-c4ccc(S(C)(=O)=O)cc4)nc3s2)CC1. The Hall–Kier alpha value is -2.98. The summed E-state index contributed by atoms with van der Waals surface area (Å²) in [7, 11) is -3.23. The third kappa shape index (κ3) is 5.92. The van der Waals surface area contributed by atoms with Gasteiger partial charge in [0.25, 0.3) is 5.19 Å². The van der Waals surface area contributed by atoms with Crippen molar-refractivity contribution in [3.05, 3.63) is 48.0 Å². The largest absolute Gasteiger partial charge is 0.470 e. The molecule has 180 valence electrons. The molecule has 0 saturated heterocycles. The van der Waals surface area contributed by atoms with Gasteiger partial charge in [0.2, 0.25) is 0 Å². The molecule has 10 heteroatoms. The van der Waals surface area contributed by atoms with Gasteiger partial charge in [-0.25, -0.2) is 23.2 Å². The first-order valence-corrected chi connectivity index (χ1v) is 13.7. The van der Waals surface area contributed by atoms with Gasteiger partial charge in [0, 0.05) is 31.3 Å². The summed E-state index contributed by atoms with van der Waals surface area (Å²) >= 11 is 1.38. The molecule has 0 spiro atoms. The molecule has 0 unspecified atom stereocenters. The zero-order chi connectivity index (χ0) is 24.3. The molecule has 0 bridgehead atoms. The number of nitrogens with zero attached hydrogens (tertiary/aromatic N) is 3. The molecule has 0 N–H and O–H groups in total. The normalized spacial score (nSPS) is 14.4. The van der Waals surface area contributed by atoms with E-state index in [1.165, 1.54) is 23.2 Å². The van der Waals surface area contributed by atoms with Gasteiger partial charge in [0.15, 0.2) is 9.84 Å². The number of amides is 1. The Morgan fingerprint density at radius 2 is 1.91 bits per heavy atom. The highest BCUT2D eigenvalue weighted by Gasteiger charge is 2.19. The molecule has 0 saturated carbocycles. The van der Waals surface area contributed by atoms with E-state index in [-0.39, 0.29) is 17.1 Å². The number of thiazole rings is 1. The monoisotopic (exact) mass is 501 g/mol. The number of fused-ring (bicyclic) bond motifs is 1. The van der Waals surface area contributed by atoms with E-state index in [0.29, 0.717) is 24.9 Å². The van der Waals surface area contributed by atoms with Crippen LogP contribution >= 0.6 is 11.3 Å². The number of pyridine rings is 1. The highest BCUT2D eigenvalue weighted by Crippen LogP contribution is 2.29. The van der Waals surface area contributed by atoms with Gasteiger partial charge >= 0.3 is 6.09 Å². The third-order valence-corrected chi connectivity index (χ3v) is 7.37. The molecule has 1 amide bonds. The van der Waals surface area contributed by atoms with E-state index in [1.807, 2.05) is 26.0 Å². The van der Waals surface area contributed by atoms with E-state index in [2.05, 4.69) is 16.0 Å². The molecule has 34 heavy (non-hydrogen) atoms. The smallest absolute Gasteiger partial charge is 0.410 e. The van der Waals surface area contributed by atoms with Crippen molar-refractivity contribution in [1.29, 1.82) is 0 Å². The summed E-state index contributed by atoms with van der Waals surface area (Å²) in [4.78, 5) is 23.9. The number of benzene rings is 1. The van der Waals surface area contributed by atoms with E-state index < -0.39 is 9.84 Å². The van der Waals surface area contributed by atoms with Gasteiger partial charge in [-0.05, 0) is 44.5 Å². The lowest BCUT2D eigenvalue weighted by atomic mass is 10.1. The Labute approximate surface area is 203 Å².